The van der Waals surface area contributed by atoms with E-state index in [1.165, 1.54) is 0 Å². The second kappa shape index (κ2) is 4.82. The number of carbonyl (C=O) groups is 1. The van der Waals surface area contributed by atoms with Crippen molar-refractivity contribution in [2.24, 2.45) is 0 Å². The smallest absolute Gasteiger partial charge is 0.254 e. The van der Waals surface area contributed by atoms with Crippen LogP contribution in [-0.2, 0) is 19.7 Å². The van der Waals surface area contributed by atoms with E-state index in [0.717, 1.165) is 16.8 Å². The quantitative estimate of drug-likeness (QED) is 0.907. The zero-order chi connectivity index (χ0) is 13.2. The Kier molecular flexibility index (Phi) is 3.01. The molecule has 1 aromatic carbocycles. The van der Waals surface area contributed by atoms with E-state index in [1.807, 2.05) is 36.4 Å². The third kappa shape index (κ3) is 2.22. The maximum atomic E-state index is 12.2. The number of amides is 1. The Balaban J connectivity index is 1.81. The van der Waals surface area contributed by atoms with E-state index in [4.69, 9.17) is 5.11 Å². The minimum absolute atomic E-state index is 0.0480. The summed E-state index contributed by atoms with van der Waals surface area (Å²) in [5.41, 5.74) is 3.26. The SMILES string of the molecule is O=C1c2ccccc2CN1Cc1cccc(CO)n1. The Morgan fingerprint density at radius 2 is 1.89 bits per heavy atom. The number of hydrogen-bond acceptors (Lipinski definition) is 3. The van der Waals surface area contributed by atoms with Crippen LogP contribution in [0, 0.1) is 0 Å². The molecule has 4 nitrogen and oxygen atoms in total. The van der Waals surface area contributed by atoms with Gasteiger partial charge in [-0.1, -0.05) is 24.3 Å². The minimum atomic E-state index is -0.0813. The third-order valence-electron chi connectivity index (χ3n) is 3.28. The van der Waals surface area contributed by atoms with Crippen LogP contribution < -0.4 is 0 Å². The van der Waals surface area contributed by atoms with Gasteiger partial charge in [-0.05, 0) is 23.8 Å². The topological polar surface area (TPSA) is 53.4 Å². The van der Waals surface area contributed by atoms with Crippen LogP contribution in [0.25, 0.3) is 0 Å². The fraction of sp³-hybridized carbons (Fsp3) is 0.200. The van der Waals surface area contributed by atoms with Gasteiger partial charge in [-0.25, -0.2) is 0 Å². The van der Waals surface area contributed by atoms with E-state index in [0.29, 0.717) is 18.8 Å². The van der Waals surface area contributed by atoms with Crippen molar-refractivity contribution in [1.29, 1.82) is 0 Å². The number of nitrogens with zero attached hydrogens (tertiary/aromatic N) is 2. The predicted molar refractivity (Wildman–Crippen MR) is 70.2 cm³/mol. The number of fused-ring (bicyclic) bond motifs is 1. The number of carbonyl (C=O) groups excluding carboxylic acids is 1. The third-order valence-corrected chi connectivity index (χ3v) is 3.28. The molecular formula is C15H14N2O2. The molecular weight excluding hydrogens is 240 g/mol. The van der Waals surface area contributed by atoms with Crippen molar-refractivity contribution in [3.63, 3.8) is 0 Å². The molecule has 1 N–H and O–H groups in total. The summed E-state index contributed by atoms with van der Waals surface area (Å²) in [4.78, 5) is 18.3. The van der Waals surface area contributed by atoms with Crippen LogP contribution in [0.3, 0.4) is 0 Å². The maximum absolute atomic E-state index is 12.2. The molecule has 0 unspecified atom stereocenters. The fourth-order valence-electron chi connectivity index (χ4n) is 2.34. The lowest BCUT2D eigenvalue weighted by molar-refractivity contribution is 0.0764. The van der Waals surface area contributed by atoms with Crippen molar-refractivity contribution in [3.05, 3.63) is 65.0 Å². The second-order valence-corrected chi connectivity index (χ2v) is 4.60. The monoisotopic (exact) mass is 254 g/mol. The Morgan fingerprint density at radius 3 is 2.68 bits per heavy atom. The molecule has 96 valence electrons. The van der Waals surface area contributed by atoms with Crippen LogP contribution >= 0.6 is 0 Å². The standard InChI is InChI=1S/C15H14N2O2/c18-10-13-6-3-5-12(16-13)9-17-8-11-4-1-2-7-14(11)15(17)19/h1-7,18H,8-10H2. The molecule has 0 atom stereocenters. The van der Waals surface area contributed by atoms with Crippen molar-refractivity contribution in [3.8, 4) is 0 Å². The molecule has 19 heavy (non-hydrogen) atoms. The van der Waals surface area contributed by atoms with Gasteiger partial charge in [0.05, 0.1) is 24.5 Å². The molecule has 1 aromatic heterocycles. The summed E-state index contributed by atoms with van der Waals surface area (Å²) in [5, 5.41) is 9.07. The van der Waals surface area contributed by atoms with Gasteiger partial charge in [-0.2, -0.15) is 0 Å². The molecule has 0 saturated heterocycles. The van der Waals surface area contributed by atoms with E-state index >= 15 is 0 Å². The number of rotatable bonds is 3. The van der Waals surface area contributed by atoms with Crippen molar-refractivity contribution < 1.29 is 9.90 Å². The largest absolute Gasteiger partial charge is 0.390 e. The number of benzene rings is 1. The zero-order valence-electron chi connectivity index (χ0n) is 10.4. The zero-order valence-corrected chi connectivity index (χ0v) is 10.4. The van der Waals surface area contributed by atoms with Gasteiger partial charge in [-0.15, -0.1) is 0 Å². The van der Waals surface area contributed by atoms with E-state index < -0.39 is 0 Å². The maximum Gasteiger partial charge on any atom is 0.254 e. The Hall–Kier alpha value is -2.20. The number of aliphatic hydroxyl groups excluding tert-OH is 1. The molecule has 2 aromatic rings. The number of aliphatic hydroxyl groups is 1. The molecule has 0 radical (unpaired) electrons. The first-order chi connectivity index (χ1) is 9.28. The summed E-state index contributed by atoms with van der Waals surface area (Å²) in [6.45, 7) is 1.02. The van der Waals surface area contributed by atoms with E-state index in [-0.39, 0.29) is 12.5 Å². The summed E-state index contributed by atoms with van der Waals surface area (Å²) in [5.74, 6) is 0.0480. The van der Waals surface area contributed by atoms with Crippen LogP contribution in [0.4, 0.5) is 0 Å². The number of hydrogen-bond donors (Lipinski definition) is 1. The second-order valence-electron chi connectivity index (χ2n) is 4.60. The summed E-state index contributed by atoms with van der Waals surface area (Å²) in [6, 6.07) is 13.1. The molecule has 3 rings (SSSR count). The summed E-state index contributed by atoms with van der Waals surface area (Å²) >= 11 is 0. The first kappa shape index (κ1) is 11.9. The van der Waals surface area contributed by atoms with Crippen LogP contribution in [0.2, 0.25) is 0 Å². The van der Waals surface area contributed by atoms with E-state index in [2.05, 4.69) is 4.98 Å². The molecule has 1 aliphatic heterocycles. The molecule has 1 aliphatic rings. The highest BCUT2D eigenvalue weighted by Gasteiger charge is 2.26. The molecule has 0 spiro atoms. The molecule has 0 fully saturated rings. The normalized spacial score (nSPS) is 13.7. The first-order valence-corrected chi connectivity index (χ1v) is 6.21. The predicted octanol–water partition coefficient (Wildman–Crippen LogP) is 1.73. The lowest BCUT2D eigenvalue weighted by atomic mass is 10.1. The van der Waals surface area contributed by atoms with Crippen molar-refractivity contribution in [1.82, 2.24) is 9.88 Å². The molecule has 0 saturated carbocycles. The van der Waals surface area contributed by atoms with Gasteiger partial charge in [0.15, 0.2) is 0 Å². The highest BCUT2D eigenvalue weighted by molar-refractivity contribution is 5.98. The van der Waals surface area contributed by atoms with Crippen molar-refractivity contribution in [2.45, 2.75) is 19.7 Å². The Morgan fingerprint density at radius 1 is 1.11 bits per heavy atom. The average molecular weight is 254 g/mol. The molecule has 1 amide bonds. The minimum Gasteiger partial charge on any atom is -0.390 e. The fourth-order valence-corrected chi connectivity index (χ4v) is 2.34. The number of aromatic nitrogens is 1. The van der Waals surface area contributed by atoms with Crippen molar-refractivity contribution >= 4 is 5.91 Å². The highest BCUT2D eigenvalue weighted by Crippen LogP contribution is 2.23. The highest BCUT2D eigenvalue weighted by atomic mass is 16.3. The number of pyridine rings is 1. The summed E-state index contributed by atoms with van der Waals surface area (Å²) in [7, 11) is 0. The Labute approximate surface area is 111 Å². The van der Waals surface area contributed by atoms with Crippen molar-refractivity contribution in [2.75, 3.05) is 0 Å². The average Bonchev–Trinajstić information content (AvgIpc) is 2.76. The van der Waals surface area contributed by atoms with Crippen LogP contribution in [0.5, 0.6) is 0 Å². The van der Waals surface area contributed by atoms with E-state index in [1.54, 1.807) is 11.0 Å². The van der Waals surface area contributed by atoms with Gasteiger partial charge in [-0.3, -0.25) is 9.78 Å². The van der Waals surface area contributed by atoms with Gasteiger partial charge < -0.3 is 10.0 Å². The lowest BCUT2D eigenvalue weighted by Crippen LogP contribution is -2.23. The van der Waals surface area contributed by atoms with Crippen LogP contribution in [0.15, 0.2) is 42.5 Å². The van der Waals surface area contributed by atoms with E-state index in [9.17, 15) is 4.79 Å². The lowest BCUT2D eigenvalue weighted by Gasteiger charge is -2.15. The Bertz CT molecular complexity index is 625. The first-order valence-electron chi connectivity index (χ1n) is 6.21. The van der Waals surface area contributed by atoms with Gasteiger partial charge in [0, 0.05) is 12.1 Å². The molecule has 4 heteroatoms. The van der Waals surface area contributed by atoms with Crippen LogP contribution in [-0.4, -0.2) is 20.9 Å². The molecule has 0 bridgehead atoms. The van der Waals surface area contributed by atoms with Gasteiger partial charge >= 0.3 is 0 Å². The van der Waals surface area contributed by atoms with Crippen LogP contribution in [0.1, 0.15) is 27.3 Å². The van der Waals surface area contributed by atoms with Gasteiger partial charge in [0.25, 0.3) is 5.91 Å². The molecule has 2 heterocycles. The van der Waals surface area contributed by atoms with Gasteiger partial charge in [0.2, 0.25) is 0 Å². The molecule has 0 aliphatic carbocycles. The van der Waals surface area contributed by atoms with Gasteiger partial charge in [0.1, 0.15) is 0 Å². The summed E-state index contributed by atoms with van der Waals surface area (Å²) in [6.07, 6.45) is 0. The summed E-state index contributed by atoms with van der Waals surface area (Å²) < 4.78 is 0.